The summed E-state index contributed by atoms with van der Waals surface area (Å²) in [5, 5.41) is 13.7. The Morgan fingerprint density at radius 2 is 1.68 bits per heavy atom. The number of nitrogens with one attached hydrogen (secondary N) is 2. The van der Waals surface area contributed by atoms with Crippen molar-refractivity contribution in [3.63, 3.8) is 0 Å². The lowest BCUT2D eigenvalue weighted by Gasteiger charge is -2.20. The Bertz CT molecular complexity index is 1130. The Hall–Kier alpha value is -2.51. The molecule has 2 aromatic rings. The van der Waals surface area contributed by atoms with Crippen LogP contribution in [0.2, 0.25) is 0 Å². The average molecular weight is 569 g/mol. The van der Waals surface area contributed by atoms with Crippen LogP contribution >= 0.6 is 34.4 Å². The van der Waals surface area contributed by atoms with Gasteiger partial charge in [0.05, 0.1) is 24.0 Å². The summed E-state index contributed by atoms with van der Waals surface area (Å²) in [6.45, 7) is 7.02. The van der Waals surface area contributed by atoms with Crippen molar-refractivity contribution in [1.29, 1.82) is 0 Å². The Morgan fingerprint density at radius 3 is 2.35 bits per heavy atom. The molecule has 2 heterocycles. The van der Waals surface area contributed by atoms with Crippen LogP contribution in [0, 0.1) is 12.8 Å². The van der Waals surface area contributed by atoms with Gasteiger partial charge in [0.25, 0.3) is 0 Å². The van der Waals surface area contributed by atoms with Crippen molar-refractivity contribution in [1.82, 2.24) is 10.2 Å². The molecule has 1 fully saturated rings. The molecule has 0 aliphatic heterocycles. The molecule has 1 saturated carbocycles. The molecule has 2 N–H and O–H groups in total. The lowest BCUT2D eigenvalue weighted by atomic mass is 9.87. The van der Waals surface area contributed by atoms with E-state index in [4.69, 9.17) is 9.47 Å². The molecule has 0 radical (unpaired) electrons. The highest BCUT2D eigenvalue weighted by molar-refractivity contribution is 8.02. The van der Waals surface area contributed by atoms with Crippen LogP contribution < -0.4 is 10.6 Å². The number of amides is 2. The number of anilines is 2. The van der Waals surface area contributed by atoms with E-state index in [2.05, 4.69) is 20.8 Å². The first-order valence-electron chi connectivity index (χ1n) is 12.3. The first-order chi connectivity index (χ1) is 17.7. The standard InChI is InChI=1S/C24H32N4O6S3/c1-5-33-21(31)17-13(3)18(22(32)34-6-2)36-20(17)26-19(30)14(4)35-24-28-27-23(37-24)25-16(29)12-15-10-8-7-9-11-15/h14-15H,5-12H2,1-4H3,(H,26,30)(H,25,27,29). The summed E-state index contributed by atoms with van der Waals surface area (Å²) in [6, 6.07) is 0. The van der Waals surface area contributed by atoms with Gasteiger partial charge in [0.2, 0.25) is 16.9 Å². The molecule has 1 atom stereocenters. The molecular weight excluding hydrogens is 536 g/mol. The number of nitrogens with zero attached hydrogens (tertiary/aromatic N) is 2. The van der Waals surface area contributed by atoms with Crippen LogP contribution in [0.3, 0.4) is 0 Å². The van der Waals surface area contributed by atoms with Crippen LogP contribution in [0.4, 0.5) is 10.1 Å². The molecule has 1 unspecified atom stereocenters. The minimum Gasteiger partial charge on any atom is -0.462 e. The molecule has 2 aromatic heterocycles. The third kappa shape index (κ3) is 7.99. The van der Waals surface area contributed by atoms with Crippen molar-refractivity contribution in [3.05, 3.63) is 16.0 Å². The van der Waals surface area contributed by atoms with Crippen molar-refractivity contribution >= 4 is 68.3 Å². The molecule has 10 nitrogen and oxygen atoms in total. The number of hydrogen-bond donors (Lipinski definition) is 2. The maximum Gasteiger partial charge on any atom is 0.348 e. The van der Waals surface area contributed by atoms with Crippen LogP contribution in [-0.4, -0.2) is 52.4 Å². The number of aromatic nitrogens is 2. The van der Waals surface area contributed by atoms with Crippen molar-refractivity contribution in [2.24, 2.45) is 5.92 Å². The van der Waals surface area contributed by atoms with Crippen molar-refractivity contribution in [2.45, 2.75) is 75.8 Å². The van der Waals surface area contributed by atoms with Gasteiger partial charge in [0.1, 0.15) is 9.88 Å². The molecule has 2 amide bonds. The molecule has 0 aromatic carbocycles. The van der Waals surface area contributed by atoms with E-state index in [0.717, 1.165) is 24.2 Å². The monoisotopic (exact) mass is 568 g/mol. The van der Waals surface area contributed by atoms with Crippen LogP contribution in [0.5, 0.6) is 0 Å². The number of thiophene rings is 1. The summed E-state index contributed by atoms with van der Waals surface area (Å²) < 4.78 is 10.7. The van der Waals surface area contributed by atoms with Gasteiger partial charge in [-0.05, 0) is 52.0 Å². The summed E-state index contributed by atoms with van der Waals surface area (Å²) >= 11 is 3.36. The fraction of sp³-hybridized carbons (Fsp3) is 0.583. The fourth-order valence-corrected chi connectivity index (χ4v) is 7.00. The summed E-state index contributed by atoms with van der Waals surface area (Å²) in [4.78, 5) is 50.5. The van der Waals surface area contributed by atoms with Gasteiger partial charge < -0.3 is 20.1 Å². The van der Waals surface area contributed by atoms with E-state index in [0.29, 0.717) is 27.4 Å². The minimum atomic E-state index is -0.625. The number of esters is 2. The zero-order valence-electron chi connectivity index (χ0n) is 21.4. The second kappa shape index (κ2) is 13.9. The normalized spacial score (nSPS) is 14.6. The average Bonchev–Trinajstić information content (AvgIpc) is 3.43. The van der Waals surface area contributed by atoms with Gasteiger partial charge in [0, 0.05) is 6.42 Å². The number of hydrogen-bond acceptors (Lipinski definition) is 11. The van der Waals surface area contributed by atoms with Crippen LogP contribution in [0.1, 0.15) is 84.9 Å². The highest BCUT2D eigenvalue weighted by Gasteiger charge is 2.29. The summed E-state index contributed by atoms with van der Waals surface area (Å²) in [5.41, 5.74) is 0.537. The molecule has 0 bridgehead atoms. The number of thioether (sulfide) groups is 1. The van der Waals surface area contributed by atoms with E-state index in [1.54, 1.807) is 27.7 Å². The van der Waals surface area contributed by atoms with Gasteiger partial charge >= 0.3 is 11.9 Å². The quantitative estimate of drug-likeness (QED) is 0.210. The van der Waals surface area contributed by atoms with Gasteiger partial charge in [-0.3, -0.25) is 9.59 Å². The summed E-state index contributed by atoms with van der Waals surface area (Å²) in [7, 11) is 0. The Kier molecular flexibility index (Phi) is 10.9. The largest absolute Gasteiger partial charge is 0.462 e. The number of rotatable bonds is 11. The minimum absolute atomic E-state index is 0.0673. The molecule has 3 rings (SSSR count). The highest BCUT2D eigenvalue weighted by Crippen LogP contribution is 2.36. The maximum atomic E-state index is 13.0. The van der Waals surface area contributed by atoms with E-state index >= 15 is 0 Å². The molecule has 37 heavy (non-hydrogen) atoms. The van der Waals surface area contributed by atoms with Gasteiger partial charge in [0.15, 0.2) is 4.34 Å². The summed E-state index contributed by atoms with van der Waals surface area (Å²) in [6.07, 6.45) is 6.24. The van der Waals surface area contributed by atoms with Crippen LogP contribution in [0.15, 0.2) is 4.34 Å². The Labute approximate surface area is 228 Å². The van der Waals surface area contributed by atoms with E-state index in [1.807, 2.05) is 0 Å². The predicted octanol–water partition coefficient (Wildman–Crippen LogP) is 5.29. The molecular formula is C24H32N4O6S3. The van der Waals surface area contributed by atoms with Gasteiger partial charge in [-0.1, -0.05) is 42.4 Å². The third-order valence-corrected chi connectivity index (χ3v) is 9.03. The number of carbonyl (C=O) groups excluding carboxylic acids is 4. The van der Waals surface area contributed by atoms with Gasteiger partial charge in [-0.15, -0.1) is 21.5 Å². The van der Waals surface area contributed by atoms with Crippen LogP contribution in [0.25, 0.3) is 0 Å². The molecule has 1 aliphatic carbocycles. The Morgan fingerprint density at radius 1 is 1.00 bits per heavy atom. The third-order valence-electron chi connectivity index (χ3n) is 5.82. The van der Waals surface area contributed by atoms with Gasteiger partial charge in [-0.25, -0.2) is 9.59 Å². The van der Waals surface area contributed by atoms with Crippen molar-refractivity contribution in [3.8, 4) is 0 Å². The maximum absolute atomic E-state index is 13.0. The van der Waals surface area contributed by atoms with Crippen molar-refractivity contribution in [2.75, 3.05) is 23.8 Å². The van der Waals surface area contributed by atoms with E-state index in [1.165, 1.54) is 42.4 Å². The molecule has 0 spiro atoms. The lowest BCUT2D eigenvalue weighted by Crippen LogP contribution is -2.23. The molecule has 13 heteroatoms. The zero-order valence-corrected chi connectivity index (χ0v) is 23.8. The lowest BCUT2D eigenvalue weighted by molar-refractivity contribution is -0.117. The summed E-state index contributed by atoms with van der Waals surface area (Å²) in [5.74, 6) is -1.22. The van der Waals surface area contributed by atoms with E-state index in [-0.39, 0.29) is 40.5 Å². The Balaban J connectivity index is 1.63. The number of carbonyl (C=O) groups is 4. The zero-order chi connectivity index (χ0) is 26.9. The fourth-order valence-electron chi connectivity index (χ4n) is 3.99. The van der Waals surface area contributed by atoms with E-state index < -0.39 is 17.2 Å². The highest BCUT2D eigenvalue weighted by atomic mass is 32.2. The smallest absolute Gasteiger partial charge is 0.348 e. The predicted molar refractivity (Wildman–Crippen MR) is 145 cm³/mol. The number of ether oxygens (including phenoxy) is 2. The SMILES string of the molecule is CCOC(=O)c1sc(NC(=O)C(C)Sc2nnc(NC(=O)CC3CCCCC3)s2)c(C(=O)OCC)c1C. The van der Waals surface area contributed by atoms with E-state index in [9.17, 15) is 19.2 Å². The molecule has 0 saturated heterocycles. The first kappa shape index (κ1) is 29.1. The first-order valence-corrected chi connectivity index (χ1v) is 14.8. The van der Waals surface area contributed by atoms with Gasteiger partial charge in [-0.2, -0.15) is 0 Å². The van der Waals surface area contributed by atoms with Crippen molar-refractivity contribution < 1.29 is 28.7 Å². The molecule has 202 valence electrons. The molecule has 1 aliphatic rings. The second-order valence-electron chi connectivity index (χ2n) is 8.58. The van der Waals surface area contributed by atoms with Crippen LogP contribution in [-0.2, 0) is 19.1 Å². The second-order valence-corrected chi connectivity index (χ2v) is 12.2. The topological polar surface area (TPSA) is 137 Å².